The van der Waals surface area contributed by atoms with Crippen LogP contribution in [-0.2, 0) is 4.79 Å². The fourth-order valence-corrected chi connectivity index (χ4v) is 2.96. The Labute approximate surface area is 122 Å². The van der Waals surface area contributed by atoms with Gasteiger partial charge in [-0.2, -0.15) is 0 Å². The number of rotatable bonds is 4. The van der Waals surface area contributed by atoms with Crippen LogP contribution in [0.2, 0.25) is 0 Å². The number of nitrogens with one attached hydrogen (secondary N) is 1. The van der Waals surface area contributed by atoms with Crippen molar-refractivity contribution in [1.29, 1.82) is 0 Å². The standard InChI is InChI=1S/C14H20BrN3O/c1-16-8-7-13-14(19)17(2)9-10-18(13)12-6-4-3-5-11(12)15/h3-6,13,16H,7-10H2,1-2H3. The SMILES string of the molecule is CNCCC1C(=O)N(C)CCN1c1ccccc1Br. The Kier molecular flexibility index (Phi) is 4.82. The van der Waals surface area contributed by atoms with Crippen molar-refractivity contribution in [2.24, 2.45) is 0 Å². The Morgan fingerprint density at radius 2 is 2.11 bits per heavy atom. The van der Waals surface area contributed by atoms with Crippen molar-refractivity contribution < 1.29 is 4.79 Å². The maximum Gasteiger partial charge on any atom is 0.245 e. The first-order valence-electron chi connectivity index (χ1n) is 6.56. The summed E-state index contributed by atoms with van der Waals surface area (Å²) in [4.78, 5) is 16.4. The van der Waals surface area contributed by atoms with Crippen LogP contribution < -0.4 is 10.2 Å². The summed E-state index contributed by atoms with van der Waals surface area (Å²) in [6.45, 7) is 2.49. The van der Waals surface area contributed by atoms with Crippen LogP contribution in [0.5, 0.6) is 0 Å². The van der Waals surface area contributed by atoms with Crippen LogP contribution in [0.25, 0.3) is 0 Å². The molecule has 2 rings (SSSR count). The van der Waals surface area contributed by atoms with Gasteiger partial charge in [-0.15, -0.1) is 0 Å². The van der Waals surface area contributed by atoms with Crippen LogP contribution in [0.1, 0.15) is 6.42 Å². The molecule has 4 nitrogen and oxygen atoms in total. The Hall–Kier alpha value is -1.07. The smallest absolute Gasteiger partial charge is 0.245 e. The van der Waals surface area contributed by atoms with Crippen molar-refractivity contribution in [3.05, 3.63) is 28.7 Å². The predicted octanol–water partition coefficient (Wildman–Crippen LogP) is 1.71. The van der Waals surface area contributed by atoms with Gasteiger partial charge in [0.1, 0.15) is 6.04 Å². The predicted molar refractivity (Wildman–Crippen MR) is 81.5 cm³/mol. The lowest BCUT2D eigenvalue weighted by atomic mass is 10.1. The molecule has 0 aromatic heterocycles. The zero-order chi connectivity index (χ0) is 13.8. The molecule has 1 aromatic carbocycles. The van der Waals surface area contributed by atoms with Crippen LogP contribution >= 0.6 is 15.9 Å². The number of hydrogen-bond acceptors (Lipinski definition) is 3. The number of halogens is 1. The summed E-state index contributed by atoms with van der Waals surface area (Å²) >= 11 is 3.58. The number of likely N-dealkylation sites (N-methyl/N-ethyl adjacent to an activating group) is 1. The molecule has 1 fully saturated rings. The molecule has 0 aliphatic carbocycles. The maximum atomic E-state index is 12.4. The molecular formula is C14H20BrN3O. The average Bonchev–Trinajstić information content (AvgIpc) is 2.41. The molecule has 1 saturated heterocycles. The molecule has 1 aromatic rings. The monoisotopic (exact) mass is 325 g/mol. The molecule has 0 spiro atoms. The molecule has 1 atom stereocenters. The number of amides is 1. The summed E-state index contributed by atoms with van der Waals surface area (Å²) < 4.78 is 1.04. The van der Waals surface area contributed by atoms with Gasteiger partial charge in [0.05, 0.1) is 5.69 Å². The van der Waals surface area contributed by atoms with Crippen molar-refractivity contribution in [2.45, 2.75) is 12.5 Å². The number of para-hydroxylation sites is 1. The van der Waals surface area contributed by atoms with E-state index in [4.69, 9.17) is 0 Å². The highest BCUT2D eigenvalue weighted by molar-refractivity contribution is 9.10. The summed E-state index contributed by atoms with van der Waals surface area (Å²) in [5, 5.41) is 3.13. The first kappa shape index (κ1) is 14.3. The molecule has 1 N–H and O–H groups in total. The largest absolute Gasteiger partial charge is 0.357 e. The molecule has 1 unspecified atom stereocenters. The molecule has 1 amide bonds. The van der Waals surface area contributed by atoms with Gasteiger partial charge in [0, 0.05) is 24.6 Å². The summed E-state index contributed by atoms with van der Waals surface area (Å²) in [6.07, 6.45) is 0.820. The Bertz CT molecular complexity index is 452. The fraction of sp³-hybridized carbons (Fsp3) is 0.500. The second-order valence-corrected chi connectivity index (χ2v) is 5.67. The van der Waals surface area contributed by atoms with Gasteiger partial charge in [-0.05, 0) is 48.1 Å². The van der Waals surface area contributed by atoms with Crippen LogP contribution in [-0.4, -0.2) is 50.6 Å². The number of carbonyl (C=O) groups excluding carboxylic acids is 1. The van der Waals surface area contributed by atoms with E-state index >= 15 is 0 Å². The van der Waals surface area contributed by atoms with Crippen molar-refractivity contribution in [3.63, 3.8) is 0 Å². The number of anilines is 1. The molecule has 0 radical (unpaired) electrons. The van der Waals surface area contributed by atoms with Gasteiger partial charge in [0.15, 0.2) is 0 Å². The molecule has 0 saturated carbocycles. The summed E-state index contributed by atoms with van der Waals surface area (Å²) in [5.41, 5.74) is 1.10. The molecular weight excluding hydrogens is 306 g/mol. The quantitative estimate of drug-likeness (QED) is 0.915. The second-order valence-electron chi connectivity index (χ2n) is 4.81. The van der Waals surface area contributed by atoms with E-state index in [-0.39, 0.29) is 11.9 Å². The third-order valence-corrected chi connectivity index (χ3v) is 4.21. The first-order valence-corrected chi connectivity index (χ1v) is 7.35. The van der Waals surface area contributed by atoms with Crippen molar-refractivity contribution in [1.82, 2.24) is 10.2 Å². The zero-order valence-electron chi connectivity index (χ0n) is 11.4. The van der Waals surface area contributed by atoms with Crippen molar-refractivity contribution >= 4 is 27.5 Å². The zero-order valence-corrected chi connectivity index (χ0v) is 13.0. The van der Waals surface area contributed by atoms with E-state index < -0.39 is 0 Å². The Morgan fingerprint density at radius 1 is 1.37 bits per heavy atom. The maximum absolute atomic E-state index is 12.4. The highest BCUT2D eigenvalue weighted by Gasteiger charge is 2.33. The highest BCUT2D eigenvalue weighted by atomic mass is 79.9. The van der Waals surface area contributed by atoms with E-state index in [0.717, 1.165) is 36.2 Å². The fourth-order valence-electron chi connectivity index (χ4n) is 2.44. The van der Waals surface area contributed by atoms with Crippen molar-refractivity contribution in [2.75, 3.05) is 38.6 Å². The highest BCUT2D eigenvalue weighted by Crippen LogP contribution is 2.29. The van der Waals surface area contributed by atoms with E-state index in [9.17, 15) is 4.79 Å². The van der Waals surface area contributed by atoms with Gasteiger partial charge < -0.3 is 15.1 Å². The minimum Gasteiger partial charge on any atom is -0.357 e. The minimum atomic E-state index is -0.0788. The Balaban J connectivity index is 2.26. The number of nitrogens with zero attached hydrogens (tertiary/aromatic N) is 2. The molecule has 1 heterocycles. The van der Waals surface area contributed by atoms with Crippen LogP contribution in [0.15, 0.2) is 28.7 Å². The molecule has 1 aliphatic heterocycles. The van der Waals surface area contributed by atoms with Crippen molar-refractivity contribution in [3.8, 4) is 0 Å². The summed E-state index contributed by atoms with van der Waals surface area (Å²) in [7, 11) is 3.80. The molecule has 0 bridgehead atoms. The number of carbonyl (C=O) groups is 1. The average molecular weight is 326 g/mol. The van der Waals surface area contributed by atoms with Gasteiger partial charge in [-0.25, -0.2) is 0 Å². The van der Waals surface area contributed by atoms with Gasteiger partial charge in [0.2, 0.25) is 5.91 Å². The van der Waals surface area contributed by atoms with Crippen LogP contribution in [0, 0.1) is 0 Å². The normalized spacial score (nSPS) is 19.9. The summed E-state index contributed by atoms with van der Waals surface area (Å²) in [5.74, 6) is 0.206. The molecule has 19 heavy (non-hydrogen) atoms. The lowest BCUT2D eigenvalue weighted by Crippen LogP contribution is -2.56. The number of hydrogen-bond donors (Lipinski definition) is 1. The first-order chi connectivity index (χ1) is 9.15. The van der Waals surface area contributed by atoms with E-state index in [1.807, 2.05) is 37.2 Å². The van der Waals surface area contributed by atoms with Crippen LogP contribution in [0.3, 0.4) is 0 Å². The third-order valence-electron chi connectivity index (χ3n) is 3.54. The summed E-state index contributed by atoms with van der Waals surface area (Å²) in [6, 6.07) is 8.01. The minimum absolute atomic E-state index is 0.0788. The molecule has 1 aliphatic rings. The number of piperazine rings is 1. The lowest BCUT2D eigenvalue weighted by molar-refractivity contribution is -0.133. The molecule has 5 heteroatoms. The topological polar surface area (TPSA) is 35.6 Å². The molecule has 104 valence electrons. The van der Waals surface area contributed by atoms with Gasteiger partial charge in [-0.3, -0.25) is 4.79 Å². The van der Waals surface area contributed by atoms with E-state index in [2.05, 4.69) is 32.2 Å². The second kappa shape index (κ2) is 6.39. The third kappa shape index (κ3) is 3.09. The van der Waals surface area contributed by atoms with E-state index in [0.29, 0.717) is 0 Å². The Morgan fingerprint density at radius 3 is 2.79 bits per heavy atom. The van der Waals surface area contributed by atoms with Gasteiger partial charge in [0.25, 0.3) is 0 Å². The van der Waals surface area contributed by atoms with E-state index in [1.54, 1.807) is 0 Å². The lowest BCUT2D eigenvalue weighted by Gasteiger charge is -2.41. The number of benzene rings is 1. The van der Waals surface area contributed by atoms with Gasteiger partial charge >= 0.3 is 0 Å². The van der Waals surface area contributed by atoms with Crippen LogP contribution in [0.4, 0.5) is 5.69 Å². The van der Waals surface area contributed by atoms with E-state index in [1.165, 1.54) is 0 Å². The van der Waals surface area contributed by atoms with Gasteiger partial charge in [-0.1, -0.05) is 12.1 Å².